The lowest BCUT2D eigenvalue weighted by Crippen LogP contribution is -2.31. The first-order valence-electron chi connectivity index (χ1n) is 10.2. The predicted molar refractivity (Wildman–Crippen MR) is 116 cm³/mol. The molecule has 0 aliphatic carbocycles. The minimum atomic E-state index is -0.733. The molecule has 1 saturated heterocycles. The molecule has 1 atom stereocenters. The molecule has 2 aromatic carbocycles. The van der Waals surface area contributed by atoms with Crippen LogP contribution in [-0.2, 0) is 14.3 Å². The number of benzene rings is 2. The quantitative estimate of drug-likeness (QED) is 0.286. The van der Waals surface area contributed by atoms with Crippen LogP contribution in [0.2, 0.25) is 0 Å². The summed E-state index contributed by atoms with van der Waals surface area (Å²) in [4.78, 5) is 27.4. The van der Waals surface area contributed by atoms with Crippen molar-refractivity contribution in [3.05, 3.63) is 65.2 Å². The van der Waals surface area contributed by atoms with E-state index >= 15 is 0 Å². The van der Waals surface area contributed by atoms with Crippen LogP contribution < -0.4 is 9.47 Å². The Balaban J connectivity index is 2.13. The molecule has 1 unspecified atom stereocenters. The van der Waals surface area contributed by atoms with Gasteiger partial charge in [-0.05, 0) is 43.2 Å². The molecule has 0 aromatic heterocycles. The molecule has 1 N–H and O–H groups in total. The van der Waals surface area contributed by atoms with Crippen LogP contribution in [0.5, 0.6) is 11.5 Å². The van der Waals surface area contributed by atoms with Gasteiger partial charge >= 0.3 is 0 Å². The number of methoxy groups -OCH3 is 2. The SMILES string of the molecule is CCOc1cccc(C2/C(=C(/O)c3cccc(OC)c3)C(=O)C(=O)N2CCCOC)c1. The molecule has 1 aliphatic heterocycles. The van der Waals surface area contributed by atoms with E-state index in [4.69, 9.17) is 14.2 Å². The molecule has 0 radical (unpaired) electrons. The average molecular weight is 425 g/mol. The van der Waals surface area contributed by atoms with Crippen molar-refractivity contribution >= 4 is 17.4 Å². The van der Waals surface area contributed by atoms with E-state index in [0.717, 1.165) is 0 Å². The van der Waals surface area contributed by atoms with Gasteiger partial charge in [-0.25, -0.2) is 0 Å². The van der Waals surface area contributed by atoms with Gasteiger partial charge in [0.1, 0.15) is 17.3 Å². The van der Waals surface area contributed by atoms with Gasteiger partial charge in [0.15, 0.2) is 0 Å². The third kappa shape index (κ3) is 4.72. The van der Waals surface area contributed by atoms with E-state index < -0.39 is 17.7 Å². The molecule has 0 saturated carbocycles. The number of ketones is 1. The Kier molecular flexibility index (Phi) is 7.31. The summed E-state index contributed by atoms with van der Waals surface area (Å²) in [6, 6.07) is 13.3. The van der Waals surface area contributed by atoms with Gasteiger partial charge in [-0.15, -0.1) is 0 Å². The van der Waals surface area contributed by atoms with Crippen LogP contribution in [0.25, 0.3) is 5.76 Å². The van der Waals surface area contributed by atoms with E-state index in [2.05, 4.69) is 0 Å². The molecular weight excluding hydrogens is 398 g/mol. The fourth-order valence-corrected chi connectivity index (χ4v) is 3.70. The molecule has 3 rings (SSSR count). The normalized spacial score (nSPS) is 17.8. The maximum atomic E-state index is 13.0. The lowest BCUT2D eigenvalue weighted by molar-refractivity contribution is -0.140. The Morgan fingerprint density at radius 3 is 2.52 bits per heavy atom. The number of nitrogens with zero attached hydrogens (tertiary/aromatic N) is 1. The number of rotatable bonds is 9. The number of ether oxygens (including phenoxy) is 3. The van der Waals surface area contributed by atoms with Gasteiger partial charge in [0.25, 0.3) is 11.7 Å². The molecular formula is C24H27NO6. The van der Waals surface area contributed by atoms with Crippen LogP contribution in [0, 0.1) is 0 Å². The Hall–Kier alpha value is -3.32. The highest BCUT2D eigenvalue weighted by molar-refractivity contribution is 6.46. The minimum absolute atomic E-state index is 0.0457. The summed E-state index contributed by atoms with van der Waals surface area (Å²) in [7, 11) is 3.10. The standard InChI is InChI=1S/C24H27NO6/c1-4-31-19-11-5-8-16(14-19)21-20(22(26)17-9-6-10-18(15-17)30-3)23(27)24(28)25(21)12-7-13-29-2/h5-6,8-11,14-15,21,26H,4,7,12-13H2,1-3H3/b22-20-. The van der Waals surface area contributed by atoms with Crippen molar-refractivity contribution in [1.29, 1.82) is 0 Å². The molecule has 1 amide bonds. The van der Waals surface area contributed by atoms with Crippen molar-refractivity contribution < 1.29 is 28.9 Å². The van der Waals surface area contributed by atoms with E-state index in [9.17, 15) is 14.7 Å². The van der Waals surface area contributed by atoms with Gasteiger partial charge in [0.2, 0.25) is 0 Å². The molecule has 1 heterocycles. The predicted octanol–water partition coefficient (Wildman–Crippen LogP) is 3.55. The van der Waals surface area contributed by atoms with E-state index in [1.807, 2.05) is 19.1 Å². The number of aliphatic hydroxyl groups excluding tert-OH is 1. The fourth-order valence-electron chi connectivity index (χ4n) is 3.70. The van der Waals surface area contributed by atoms with Crippen LogP contribution in [0.4, 0.5) is 0 Å². The summed E-state index contributed by atoms with van der Waals surface area (Å²) in [5, 5.41) is 11.1. The maximum absolute atomic E-state index is 13.0. The van der Waals surface area contributed by atoms with Gasteiger partial charge in [-0.3, -0.25) is 9.59 Å². The van der Waals surface area contributed by atoms with E-state index in [1.54, 1.807) is 43.5 Å². The minimum Gasteiger partial charge on any atom is -0.507 e. The number of carbonyl (C=O) groups excluding carboxylic acids is 2. The van der Waals surface area contributed by atoms with Crippen LogP contribution in [0.15, 0.2) is 54.1 Å². The summed E-state index contributed by atoms with van der Waals surface area (Å²) in [6.45, 7) is 3.13. The van der Waals surface area contributed by atoms with Gasteiger partial charge in [-0.1, -0.05) is 24.3 Å². The summed E-state index contributed by atoms with van der Waals surface area (Å²) in [6.07, 6.45) is 0.560. The summed E-state index contributed by atoms with van der Waals surface area (Å²) < 4.78 is 15.9. The first-order chi connectivity index (χ1) is 15.0. The van der Waals surface area contributed by atoms with E-state index in [0.29, 0.717) is 48.8 Å². The second-order valence-corrected chi connectivity index (χ2v) is 7.08. The van der Waals surface area contributed by atoms with Crippen LogP contribution >= 0.6 is 0 Å². The highest BCUT2D eigenvalue weighted by Crippen LogP contribution is 2.40. The Morgan fingerprint density at radius 2 is 1.81 bits per heavy atom. The van der Waals surface area contributed by atoms with Crippen molar-refractivity contribution in [2.24, 2.45) is 0 Å². The lowest BCUT2D eigenvalue weighted by atomic mass is 9.95. The van der Waals surface area contributed by atoms with Crippen molar-refractivity contribution in [3.63, 3.8) is 0 Å². The number of amides is 1. The number of Topliss-reactive ketones (excluding diaryl/α,β-unsaturated/α-hetero) is 1. The first-order valence-corrected chi connectivity index (χ1v) is 10.2. The largest absolute Gasteiger partial charge is 0.507 e. The zero-order chi connectivity index (χ0) is 22.4. The second-order valence-electron chi connectivity index (χ2n) is 7.08. The number of hydrogen-bond donors (Lipinski definition) is 1. The van der Waals surface area contributed by atoms with Gasteiger partial charge in [0, 0.05) is 25.8 Å². The fraction of sp³-hybridized carbons (Fsp3) is 0.333. The van der Waals surface area contributed by atoms with Gasteiger partial charge in [-0.2, -0.15) is 0 Å². The number of aliphatic hydroxyl groups is 1. The van der Waals surface area contributed by atoms with Crippen molar-refractivity contribution in [2.45, 2.75) is 19.4 Å². The molecule has 0 spiro atoms. The van der Waals surface area contributed by atoms with Crippen LogP contribution in [0.1, 0.15) is 30.5 Å². The average Bonchev–Trinajstić information content (AvgIpc) is 3.04. The monoisotopic (exact) mass is 425 g/mol. The molecule has 31 heavy (non-hydrogen) atoms. The maximum Gasteiger partial charge on any atom is 0.295 e. The summed E-state index contributed by atoms with van der Waals surface area (Å²) >= 11 is 0. The molecule has 0 bridgehead atoms. The first kappa shape index (κ1) is 22.4. The smallest absolute Gasteiger partial charge is 0.295 e. The Bertz CT molecular complexity index is 984. The lowest BCUT2D eigenvalue weighted by Gasteiger charge is -2.25. The topological polar surface area (TPSA) is 85.3 Å². The zero-order valence-corrected chi connectivity index (χ0v) is 18.0. The second kappa shape index (κ2) is 10.1. The molecule has 1 aliphatic rings. The van der Waals surface area contributed by atoms with Crippen LogP contribution in [-0.4, -0.2) is 55.7 Å². The Morgan fingerprint density at radius 1 is 1.06 bits per heavy atom. The highest BCUT2D eigenvalue weighted by atomic mass is 16.5. The molecule has 2 aromatic rings. The Labute approximate surface area is 181 Å². The van der Waals surface area contributed by atoms with Crippen molar-refractivity contribution in [3.8, 4) is 11.5 Å². The summed E-state index contributed by atoms with van der Waals surface area (Å²) in [5.41, 5.74) is 1.14. The number of likely N-dealkylation sites (tertiary alicyclic amines) is 1. The third-order valence-corrected chi connectivity index (χ3v) is 5.12. The molecule has 7 heteroatoms. The highest BCUT2D eigenvalue weighted by Gasteiger charge is 2.45. The van der Waals surface area contributed by atoms with Gasteiger partial charge in [0.05, 0.1) is 25.3 Å². The van der Waals surface area contributed by atoms with E-state index in [-0.39, 0.29) is 11.3 Å². The number of carbonyl (C=O) groups is 2. The van der Waals surface area contributed by atoms with Crippen molar-refractivity contribution in [1.82, 2.24) is 4.90 Å². The zero-order valence-electron chi connectivity index (χ0n) is 18.0. The summed E-state index contributed by atoms with van der Waals surface area (Å²) in [5.74, 6) is -0.438. The third-order valence-electron chi connectivity index (χ3n) is 5.12. The van der Waals surface area contributed by atoms with E-state index in [1.165, 1.54) is 12.0 Å². The van der Waals surface area contributed by atoms with Crippen molar-refractivity contribution in [2.75, 3.05) is 34.0 Å². The molecule has 7 nitrogen and oxygen atoms in total. The van der Waals surface area contributed by atoms with Gasteiger partial charge < -0.3 is 24.2 Å². The molecule has 1 fully saturated rings. The number of hydrogen-bond acceptors (Lipinski definition) is 6. The molecule has 164 valence electrons. The van der Waals surface area contributed by atoms with Crippen LogP contribution in [0.3, 0.4) is 0 Å².